The van der Waals surface area contributed by atoms with Crippen molar-refractivity contribution in [1.82, 2.24) is 19.7 Å². The van der Waals surface area contributed by atoms with Gasteiger partial charge in [0.2, 0.25) is 0 Å². The van der Waals surface area contributed by atoms with Crippen molar-refractivity contribution in [3.63, 3.8) is 0 Å². The number of aryl methyl sites for hydroxylation is 1. The summed E-state index contributed by atoms with van der Waals surface area (Å²) in [4.78, 5) is 27.5. The minimum absolute atomic E-state index is 0.0115. The number of ether oxygens (including phenoxy) is 1. The summed E-state index contributed by atoms with van der Waals surface area (Å²) in [6.07, 6.45) is 2.01. The smallest absolute Gasteiger partial charge is 0.320 e. The fourth-order valence-corrected chi connectivity index (χ4v) is 5.99. The Morgan fingerprint density at radius 2 is 1.67 bits per heavy atom. The van der Waals surface area contributed by atoms with E-state index in [2.05, 4.69) is 15.7 Å². The second-order valence-electron chi connectivity index (χ2n) is 12.2. The van der Waals surface area contributed by atoms with E-state index in [9.17, 15) is 14.7 Å². The summed E-state index contributed by atoms with van der Waals surface area (Å²) in [5.41, 5.74) is 4.08. The highest BCUT2D eigenvalue weighted by atomic mass is 35.5. The molecule has 5 rings (SSSR count). The van der Waals surface area contributed by atoms with Gasteiger partial charge in [-0.3, -0.25) is 10.1 Å². The number of phenolic OH excluding ortho intramolecular Hbond substituents is 1. The molecule has 0 fully saturated rings. The minimum atomic E-state index is -0.448. The summed E-state index contributed by atoms with van der Waals surface area (Å²) in [6.45, 7) is 8.66. The number of aromatic nitrogens is 3. The Bertz CT molecular complexity index is 2020. The van der Waals surface area contributed by atoms with E-state index in [1.807, 2.05) is 82.5 Å². The molecule has 0 aliphatic carbocycles. The number of phenols is 1. The summed E-state index contributed by atoms with van der Waals surface area (Å²) in [6, 6.07) is 23.4. The first-order valence-electron chi connectivity index (χ1n) is 15.2. The van der Waals surface area contributed by atoms with Gasteiger partial charge in [0.1, 0.15) is 28.9 Å². The molecule has 0 radical (unpaired) electrons. The van der Waals surface area contributed by atoms with Crippen LogP contribution in [-0.2, 0) is 25.1 Å². The average Bonchev–Trinajstić information content (AvgIpc) is 3.49. The zero-order valence-corrected chi connectivity index (χ0v) is 29.6. The molecule has 0 atom stereocenters. The monoisotopic (exact) mass is 705 g/mol. The van der Waals surface area contributed by atoms with E-state index < -0.39 is 6.03 Å². The van der Waals surface area contributed by atoms with Crippen molar-refractivity contribution in [2.24, 2.45) is 0 Å². The highest BCUT2D eigenvalue weighted by molar-refractivity contribution is 7.98. The van der Waals surface area contributed by atoms with Crippen LogP contribution in [0.5, 0.6) is 11.5 Å². The van der Waals surface area contributed by atoms with Crippen LogP contribution in [0.1, 0.15) is 48.8 Å². The minimum Gasteiger partial charge on any atom is -0.506 e. The molecule has 5 aromatic rings. The van der Waals surface area contributed by atoms with E-state index in [1.54, 1.807) is 45.3 Å². The molecule has 2 amide bonds. The number of anilines is 1. The zero-order valence-electron chi connectivity index (χ0n) is 27.3. The third-order valence-corrected chi connectivity index (χ3v) is 9.28. The van der Waals surface area contributed by atoms with Gasteiger partial charge in [-0.25, -0.2) is 9.48 Å². The number of carbonyl (C=O) groups excluding carboxylic acids is 1. The Labute approximate surface area is 293 Å². The van der Waals surface area contributed by atoms with E-state index in [0.29, 0.717) is 23.8 Å². The van der Waals surface area contributed by atoms with Crippen LogP contribution < -0.4 is 20.9 Å². The highest BCUT2D eigenvalue weighted by Gasteiger charge is 2.22. The maximum atomic E-state index is 13.3. The number of urea groups is 1. The number of rotatable bonds is 10. The Morgan fingerprint density at radius 1 is 0.979 bits per heavy atom. The Balaban J connectivity index is 1.28. The van der Waals surface area contributed by atoms with Gasteiger partial charge in [0.25, 0.3) is 5.56 Å². The van der Waals surface area contributed by atoms with Crippen molar-refractivity contribution < 1.29 is 14.6 Å². The van der Waals surface area contributed by atoms with Crippen molar-refractivity contribution in [3.8, 4) is 17.2 Å². The molecule has 2 aromatic heterocycles. The highest BCUT2D eigenvalue weighted by Crippen LogP contribution is 2.30. The van der Waals surface area contributed by atoms with Crippen LogP contribution >= 0.6 is 35.0 Å². The van der Waals surface area contributed by atoms with Crippen LogP contribution in [-0.4, -0.2) is 31.7 Å². The molecule has 12 heteroatoms. The predicted molar refractivity (Wildman–Crippen MR) is 193 cm³/mol. The second-order valence-corrected chi connectivity index (χ2v) is 13.9. The van der Waals surface area contributed by atoms with Crippen LogP contribution in [0.2, 0.25) is 10.0 Å². The molecule has 0 spiro atoms. The Hall–Kier alpha value is -4.38. The van der Waals surface area contributed by atoms with Gasteiger partial charge in [0, 0.05) is 40.7 Å². The molecular formula is C36H37Cl2N5O4S. The fourth-order valence-electron chi connectivity index (χ4n) is 5.05. The van der Waals surface area contributed by atoms with Gasteiger partial charge in [0.15, 0.2) is 0 Å². The predicted octanol–water partition coefficient (Wildman–Crippen LogP) is 8.32. The van der Waals surface area contributed by atoms with Crippen molar-refractivity contribution in [2.45, 2.75) is 57.7 Å². The maximum Gasteiger partial charge on any atom is 0.320 e. The molecule has 0 saturated carbocycles. The fraction of sp³-hybridized carbons (Fsp3) is 0.250. The molecule has 9 nitrogen and oxygen atoms in total. The normalized spacial score (nSPS) is 11.4. The molecule has 0 aliphatic heterocycles. The Morgan fingerprint density at radius 3 is 2.35 bits per heavy atom. The van der Waals surface area contributed by atoms with E-state index in [4.69, 9.17) is 27.9 Å². The summed E-state index contributed by atoms with van der Waals surface area (Å²) in [7, 11) is 0. The second kappa shape index (κ2) is 14.8. The lowest BCUT2D eigenvalue weighted by atomic mass is 9.92. The maximum absolute atomic E-state index is 13.3. The summed E-state index contributed by atoms with van der Waals surface area (Å²) in [5.74, 6) is 0.628. The van der Waals surface area contributed by atoms with E-state index in [-0.39, 0.29) is 39.9 Å². The van der Waals surface area contributed by atoms with Crippen molar-refractivity contribution in [2.75, 3.05) is 11.6 Å². The third-order valence-electron chi connectivity index (χ3n) is 7.77. The van der Waals surface area contributed by atoms with Crippen LogP contribution in [0.15, 0.2) is 88.6 Å². The van der Waals surface area contributed by atoms with Gasteiger partial charge in [-0.2, -0.15) is 5.10 Å². The van der Waals surface area contributed by atoms with Gasteiger partial charge in [-0.05, 0) is 48.1 Å². The molecular weight excluding hydrogens is 669 g/mol. The SMILES string of the molecule is CSc1ccccc1Cn1c(C)cc(OCc2ccccc2CNC(=O)Nc2cc(C(C)(C)C)nn2-c2ccc(Cl)c(O)c2)c(Cl)c1=O. The van der Waals surface area contributed by atoms with Crippen molar-refractivity contribution in [1.29, 1.82) is 0 Å². The van der Waals surface area contributed by atoms with Crippen LogP contribution in [0.25, 0.3) is 5.69 Å². The first-order chi connectivity index (χ1) is 22.8. The number of nitrogens with one attached hydrogen (secondary N) is 2. The van der Waals surface area contributed by atoms with Gasteiger partial charge in [0.05, 0.1) is 22.9 Å². The summed E-state index contributed by atoms with van der Waals surface area (Å²) >= 11 is 14.2. The van der Waals surface area contributed by atoms with Gasteiger partial charge < -0.3 is 19.7 Å². The summed E-state index contributed by atoms with van der Waals surface area (Å²) in [5, 5.41) is 20.9. The number of hydrogen-bond acceptors (Lipinski definition) is 6. The lowest BCUT2D eigenvalue weighted by molar-refractivity contribution is 0.251. The largest absolute Gasteiger partial charge is 0.506 e. The van der Waals surface area contributed by atoms with Crippen LogP contribution in [0.3, 0.4) is 0 Å². The molecule has 0 bridgehead atoms. The first-order valence-corrected chi connectivity index (χ1v) is 17.2. The van der Waals surface area contributed by atoms with Crippen molar-refractivity contribution >= 4 is 46.8 Å². The number of halogens is 2. The summed E-state index contributed by atoms with van der Waals surface area (Å²) < 4.78 is 9.28. The average molecular weight is 707 g/mol. The lowest BCUT2D eigenvalue weighted by Gasteiger charge is -2.17. The zero-order chi connectivity index (χ0) is 34.6. The molecule has 3 N–H and O–H groups in total. The quantitative estimate of drug-likeness (QED) is 0.126. The van der Waals surface area contributed by atoms with E-state index in [0.717, 1.165) is 33.0 Å². The first kappa shape index (κ1) is 34.9. The van der Waals surface area contributed by atoms with Gasteiger partial charge in [-0.15, -0.1) is 11.8 Å². The van der Waals surface area contributed by atoms with Crippen LogP contribution in [0, 0.1) is 6.92 Å². The number of aromatic hydroxyl groups is 1. The lowest BCUT2D eigenvalue weighted by Crippen LogP contribution is -2.29. The molecule has 0 unspecified atom stereocenters. The number of nitrogens with zero attached hydrogens (tertiary/aromatic N) is 3. The number of hydrogen-bond donors (Lipinski definition) is 3. The Kier molecular flexibility index (Phi) is 10.8. The number of pyridine rings is 1. The number of thioether (sulfide) groups is 1. The molecule has 2 heterocycles. The molecule has 250 valence electrons. The van der Waals surface area contributed by atoms with Crippen LogP contribution in [0.4, 0.5) is 10.6 Å². The molecule has 0 aliphatic rings. The van der Waals surface area contributed by atoms with Crippen molar-refractivity contribution in [3.05, 3.63) is 127 Å². The topological polar surface area (TPSA) is 110 Å². The molecule has 48 heavy (non-hydrogen) atoms. The molecule has 0 saturated heterocycles. The van der Waals surface area contributed by atoms with Gasteiger partial charge in [-0.1, -0.05) is 86.4 Å². The van der Waals surface area contributed by atoms with E-state index in [1.165, 1.54) is 6.07 Å². The number of carbonyl (C=O) groups is 1. The third kappa shape index (κ3) is 8.01. The van der Waals surface area contributed by atoms with E-state index >= 15 is 0 Å². The van der Waals surface area contributed by atoms with Gasteiger partial charge >= 0.3 is 6.03 Å². The number of amides is 2. The molecule has 3 aromatic carbocycles. The number of benzene rings is 3. The standard InChI is InChI=1S/C36H37Cl2N5O4S/c1-22-16-29(33(38)34(45)42(22)20-24-11-8-9-13-30(24)48-5)47-21-25-12-7-6-10-23(25)19-39-35(46)40-32-18-31(36(2,3)4)41-43(32)26-14-15-27(37)28(44)17-26/h6-18,44H,19-21H2,1-5H3,(H2,39,40,46).